The Morgan fingerprint density at radius 3 is 2.63 bits per heavy atom. The normalized spacial score (nSPS) is 24.6. The highest BCUT2D eigenvalue weighted by Crippen LogP contribution is 2.53. The Morgan fingerprint density at radius 1 is 1.33 bits per heavy atom. The van der Waals surface area contributed by atoms with Gasteiger partial charge in [0.2, 0.25) is 0 Å². The molecule has 0 unspecified atom stereocenters. The highest BCUT2D eigenvalue weighted by molar-refractivity contribution is 6.31. The molecule has 148 valence electrons. The minimum atomic E-state index is -0.452. The molecule has 1 saturated heterocycles. The van der Waals surface area contributed by atoms with Crippen molar-refractivity contribution in [3.8, 4) is 0 Å². The van der Waals surface area contributed by atoms with E-state index in [1.165, 1.54) is 0 Å². The van der Waals surface area contributed by atoms with Crippen LogP contribution in [0, 0.1) is 11.3 Å². The van der Waals surface area contributed by atoms with E-state index >= 15 is 0 Å². The number of carbonyl (C=O) groups is 2. The van der Waals surface area contributed by atoms with E-state index in [-0.39, 0.29) is 17.4 Å². The summed E-state index contributed by atoms with van der Waals surface area (Å²) >= 11 is 6.38. The lowest BCUT2D eigenvalue weighted by atomic mass is 9.60. The van der Waals surface area contributed by atoms with Gasteiger partial charge in [-0.05, 0) is 75.5 Å². The van der Waals surface area contributed by atoms with Crippen molar-refractivity contribution in [3.63, 3.8) is 0 Å². The number of nitrogens with one attached hydrogen (secondary N) is 1. The second-order valence-corrected chi connectivity index (χ2v) is 9.42. The molecule has 2 aliphatic rings. The summed E-state index contributed by atoms with van der Waals surface area (Å²) in [6, 6.07) is 5.53. The van der Waals surface area contributed by atoms with Crippen molar-refractivity contribution in [2.24, 2.45) is 11.3 Å². The van der Waals surface area contributed by atoms with Crippen LogP contribution in [0.4, 0.5) is 4.79 Å². The molecule has 27 heavy (non-hydrogen) atoms. The first-order valence-electron chi connectivity index (χ1n) is 9.59. The van der Waals surface area contributed by atoms with Gasteiger partial charge in [0.15, 0.2) is 0 Å². The molecule has 0 bridgehead atoms. The summed E-state index contributed by atoms with van der Waals surface area (Å²) in [4.78, 5) is 25.8. The second-order valence-electron chi connectivity index (χ2n) is 9.02. The van der Waals surface area contributed by atoms with E-state index in [1.54, 1.807) is 13.1 Å². The second kappa shape index (κ2) is 7.34. The molecule has 6 heteroatoms. The number of benzene rings is 1. The number of rotatable bonds is 3. The minimum absolute atomic E-state index is 0.126. The summed E-state index contributed by atoms with van der Waals surface area (Å²) in [6.07, 6.45) is 3.99. The maximum atomic E-state index is 12.3. The maximum Gasteiger partial charge on any atom is 0.410 e. The third kappa shape index (κ3) is 4.57. The molecule has 3 rings (SSSR count). The van der Waals surface area contributed by atoms with E-state index in [9.17, 15) is 9.59 Å². The largest absolute Gasteiger partial charge is 0.444 e. The summed E-state index contributed by atoms with van der Waals surface area (Å²) in [7, 11) is 1.61. The molecule has 1 spiro atoms. The van der Waals surface area contributed by atoms with Gasteiger partial charge in [-0.25, -0.2) is 4.79 Å². The van der Waals surface area contributed by atoms with Crippen molar-refractivity contribution in [1.82, 2.24) is 10.2 Å². The van der Waals surface area contributed by atoms with Crippen LogP contribution in [0.2, 0.25) is 5.02 Å². The van der Waals surface area contributed by atoms with Crippen molar-refractivity contribution in [2.75, 3.05) is 20.1 Å². The number of hydrogen-bond acceptors (Lipinski definition) is 3. The molecule has 1 heterocycles. The quantitative estimate of drug-likeness (QED) is 0.835. The third-order valence-corrected chi connectivity index (χ3v) is 5.94. The van der Waals surface area contributed by atoms with Crippen LogP contribution in [0.5, 0.6) is 0 Å². The first-order valence-corrected chi connectivity index (χ1v) is 9.97. The lowest BCUT2D eigenvalue weighted by Gasteiger charge is -2.45. The minimum Gasteiger partial charge on any atom is -0.444 e. The Balaban J connectivity index is 1.53. The number of ether oxygens (including phenoxy) is 1. The zero-order valence-corrected chi connectivity index (χ0v) is 17.4. The monoisotopic (exact) mass is 392 g/mol. The van der Waals surface area contributed by atoms with Crippen molar-refractivity contribution < 1.29 is 14.3 Å². The predicted molar refractivity (Wildman–Crippen MR) is 106 cm³/mol. The standard InChI is InChI=1S/C21H29ClN2O3/c1-20(2,3)27-19(26)24-8-7-21(13-24)11-14(12-21)9-15-5-6-16(10-17(15)22)18(25)23-4/h5-6,10,14H,7-9,11-13H2,1-4H3,(H,23,25). The zero-order chi connectivity index (χ0) is 19.8. The fourth-order valence-corrected chi connectivity index (χ4v) is 4.63. The molecule has 1 aromatic carbocycles. The summed E-state index contributed by atoms with van der Waals surface area (Å²) in [5, 5.41) is 3.26. The van der Waals surface area contributed by atoms with Gasteiger partial charge in [-0.2, -0.15) is 0 Å². The van der Waals surface area contributed by atoms with Gasteiger partial charge in [0.1, 0.15) is 5.60 Å². The molecule has 0 atom stereocenters. The van der Waals surface area contributed by atoms with Crippen molar-refractivity contribution in [3.05, 3.63) is 34.3 Å². The highest BCUT2D eigenvalue weighted by Gasteiger charge is 2.49. The molecule has 5 nitrogen and oxygen atoms in total. The molecular formula is C21H29ClN2O3. The van der Waals surface area contributed by atoms with Crippen LogP contribution in [0.15, 0.2) is 18.2 Å². The topological polar surface area (TPSA) is 58.6 Å². The first kappa shape index (κ1) is 20.0. The lowest BCUT2D eigenvalue weighted by molar-refractivity contribution is 0.0183. The van der Waals surface area contributed by atoms with Crippen LogP contribution >= 0.6 is 11.6 Å². The molecule has 0 radical (unpaired) electrons. The Labute approximate surface area is 166 Å². The van der Waals surface area contributed by atoms with Crippen LogP contribution in [-0.2, 0) is 11.2 Å². The fourth-order valence-electron chi connectivity index (χ4n) is 4.37. The van der Waals surface area contributed by atoms with E-state index < -0.39 is 5.60 Å². The molecule has 1 saturated carbocycles. The average molecular weight is 393 g/mol. The summed E-state index contributed by atoms with van der Waals surface area (Å²) < 4.78 is 5.50. The van der Waals surface area contributed by atoms with Gasteiger partial charge in [0, 0.05) is 30.7 Å². The summed E-state index contributed by atoms with van der Waals surface area (Å²) in [5.74, 6) is 0.450. The molecule has 2 fully saturated rings. The Bertz CT molecular complexity index is 735. The van der Waals surface area contributed by atoms with Crippen molar-refractivity contribution >= 4 is 23.6 Å². The Kier molecular flexibility index (Phi) is 5.44. The number of carbonyl (C=O) groups excluding carboxylic acids is 2. The van der Waals surface area contributed by atoms with Crippen molar-refractivity contribution in [2.45, 2.75) is 52.1 Å². The summed E-state index contributed by atoms with van der Waals surface area (Å²) in [6.45, 7) is 7.27. The van der Waals surface area contributed by atoms with E-state index in [4.69, 9.17) is 16.3 Å². The zero-order valence-electron chi connectivity index (χ0n) is 16.6. The van der Waals surface area contributed by atoms with Crippen LogP contribution in [0.1, 0.15) is 56.0 Å². The maximum absolute atomic E-state index is 12.3. The van der Waals surface area contributed by atoms with Crippen molar-refractivity contribution in [1.29, 1.82) is 0 Å². The van der Waals surface area contributed by atoms with E-state index in [0.29, 0.717) is 16.5 Å². The molecule has 1 aliphatic carbocycles. The van der Waals surface area contributed by atoms with Crippen LogP contribution < -0.4 is 5.32 Å². The number of hydrogen-bond donors (Lipinski definition) is 1. The van der Waals surface area contributed by atoms with Gasteiger partial charge < -0.3 is 15.0 Å². The van der Waals surface area contributed by atoms with Gasteiger partial charge in [-0.3, -0.25) is 4.79 Å². The summed E-state index contributed by atoms with van der Waals surface area (Å²) in [5.41, 5.74) is 1.47. The highest BCUT2D eigenvalue weighted by atomic mass is 35.5. The average Bonchev–Trinajstić information content (AvgIpc) is 2.99. The Hall–Kier alpha value is -1.75. The van der Waals surface area contributed by atoms with Crippen LogP contribution in [0.25, 0.3) is 0 Å². The fraction of sp³-hybridized carbons (Fsp3) is 0.619. The van der Waals surface area contributed by atoms with Gasteiger partial charge in [0.05, 0.1) is 0 Å². The van der Waals surface area contributed by atoms with Gasteiger partial charge in [0.25, 0.3) is 5.91 Å². The van der Waals surface area contributed by atoms with Gasteiger partial charge in [-0.1, -0.05) is 17.7 Å². The smallest absolute Gasteiger partial charge is 0.410 e. The predicted octanol–water partition coefficient (Wildman–Crippen LogP) is 4.28. The number of nitrogens with zero attached hydrogens (tertiary/aromatic N) is 1. The number of amides is 2. The van der Waals surface area contributed by atoms with E-state index in [0.717, 1.165) is 44.3 Å². The van der Waals surface area contributed by atoms with Crippen LogP contribution in [0.3, 0.4) is 0 Å². The molecule has 2 amide bonds. The molecular weight excluding hydrogens is 364 g/mol. The third-order valence-electron chi connectivity index (χ3n) is 5.58. The van der Waals surface area contributed by atoms with Crippen LogP contribution in [-0.4, -0.2) is 42.6 Å². The lowest BCUT2D eigenvalue weighted by Crippen LogP contribution is -2.42. The van der Waals surface area contributed by atoms with Gasteiger partial charge >= 0.3 is 6.09 Å². The Morgan fingerprint density at radius 2 is 2.04 bits per heavy atom. The number of likely N-dealkylation sites (tertiary alicyclic amines) is 1. The SMILES string of the molecule is CNC(=O)c1ccc(CC2CC3(CCN(C(=O)OC(C)(C)C)C3)C2)c(Cl)c1. The first-order chi connectivity index (χ1) is 12.6. The van der Waals surface area contributed by atoms with E-state index in [2.05, 4.69) is 5.32 Å². The number of halogens is 1. The molecule has 1 aliphatic heterocycles. The molecule has 0 aromatic heterocycles. The van der Waals surface area contributed by atoms with E-state index in [1.807, 2.05) is 37.8 Å². The molecule has 1 aromatic rings. The van der Waals surface area contributed by atoms with Gasteiger partial charge in [-0.15, -0.1) is 0 Å². The molecule has 1 N–H and O–H groups in total.